The summed E-state index contributed by atoms with van der Waals surface area (Å²) in [6.45, 7) is 10.3. The predicted molar refractivity (Wildman–Crippen MR) is 184 cm³/mol. The Morgan fingerprint density at radius 1 is 1.02 bits per heavy atom. The molecule has 1 spiro atoms. The number of carbonyl (C=O) groups is 3. The summed E-state index contributed by atoms with van der Waals surface area (Å²) in [7, 11) is -3.51. The number of nitrogens with one attached hydrogen (secondary N) is 1. The number of benzene rings is 3. The normalized spacial score (nSPS) is 22.3. The number of hydrogen-bond donors (Lipinski definition) is 2. The average Bonchev–Trinajstić information content (AvgIpc) is 3.28. The number of nitrogens with zero attached hydrogens (tertiary/aromatic N) is 3. The summed E-state index contributed by atoms with van der Waals surface area (Å²) in [4.78, 5) is 47.5. The SMILES string of the molecule is CC(C)S(=O)(=O)c1ccc(-c2ccccc2N2C(=O)NC(=NC(=O)OC(C)(C)C)[C@]23CCN(C(=O)O)[C@@H](C)C3Cc2ccccc2)cc1. The molecule has 254 valence electrons. The number of hydrogen-bond acceptors (Lipinski definition) is 6. The lowest BCUT2D eigenvalue weighted by molar-refractivity contribution is 0.0570. The highest BCUT2D eigenvalue weighted by molar-refractivity contribution is 7.92. The van der Waals surface area contributed by atoms with E-state index in [1.54, 1.807) is 75.9 Å². The molecule has 2 aliphatic heterocycles. The highest BCUT2D eigenvalue weighted by atomic mass is 32.2. The first-order valence-electron chi connectivity index (χ1n) is 16.0. The summed E-state index contributed by atoms with van der Waals surface area (Å²) in [6.07, 6.45) is -1.45. The van der Waals surface area contributed by atoms with Crippen LogP contribution in [-0.2, 0) is 21.0 Å². The highest BCUT2D eigenvalue weighted by Crippen LogP contribution is 2.47. The van der Waals surface area contributed by atoms with E-state index in [4.69, 9.17) is 4.74 Å². The van der Waals surface area contributed by atoms with Gasteiger partial charge in [0.2, 0.25) is 0 Å². The van der Waals surface area contributed by atoms with E-state index in [0.29, 0.717) is 23.2 Å². The second-order valence-corrected chi connectivity index (χ2v) is 16.0. The van der Waals surface area contributed by atoms with E-state index >= 15 is 0 Å². The first-order chi connectivity index (χ1) is 22.6. The van der Waals surface area contributed by atoms with Crippen molar-refractivity contribution in [3.63, 3.8) is 0 Å². The van der Waals surface area contributed by atoms with Gasteiger partial charge < -0.3 is 14.7 Å². The Bertz CT molecular complexity index is 1840. The van der Waals surface area contributed by atoms with Crippen LogP contribution in [0.25, 0.3) is 11.1 Å². The lowest BCUT2D eigenvalue weighted by Crippen LogP contribution is -2.67. The van der Waals surface area contributed by atoms with Crippen LogP contribution in [0, 0.1) is 5.92 Å². The highest BCUT2D eigenvalue weighted by Gasteiger charge is 2.61. The van der Waals surface area contributed by atoms with Crippen molar-refractivity contribution in [3.05, 3.63) is 84.4 Å². The van der Waals surface area contributed by atoms with Crippen molar-refractivity contribution in [3.8, 4) is 11.1 Å². The minimum absolute atomic E-state index is 0.0739. The molecule has 3 aromatic carbocycles. The summed E-state index contributed by atoms with van der Waals surface area (Å²) < 4.78 is 31.2. The molecule has 2 fully saturated rings. The number of para-hydroxylation sites is 1. The van der Waals surface area contributed by atoms with Gasteiger partial charge in [-0.25, -0.2) is 22.8 Å². The molecule has 48 heavy (non-hydrogen) atoms. The van der Waals surface area contributed by atoms with Crippen LogP contribution in [0.1, 0.15) is 53.5 Å². The van der Waals surface area contributed by atoms with Gasteiger partial charge in [-0.3, -0.25) is 10.2 Å². The Morgan fingerprint density at radius 3 is 2.25 bits per heavy atom. The molecule has 3 atom stereocenters. The lowest BCUT2D eigenvalue weighted by atomic mass is 9.69. The Morgan fingerprint density at radius 2 is 1.65 bits per heavy atom. The summed E-state index contributed by atoms with van der Waals surface area (Å²) in [5.74, 6) is -0.468. The van der Waals surface area contributed by atoms with Gasteiger partial charge in [0.05, 0.1) is 15.8 Å². The summed E-state index contributed by atoms with van der Waals surface area (Å²) in [5.41, 5.74) is 0.605. The van der Waals surface area contributed by atoms with Crippen molar-refractivity contribution in [1.29, 1.82) is 0 Å². The molecule has 3 aromatic rings. The number of ether oxygens (including phenoxy) is 1. The number of aliphatic imine (C=N–C) groups is 1. The van der Waals surface area contributed by atoms with Crippen LogP contribution >= 0.6 is 0 Å². The fourth-order valence-corrected chi connectivity index (χ4v) is 7.79. The Hall–Kier alpha value is -4.71. The van der Waals surface area contributed by atoms with Crippen LogP contribution in [0.5, 0.6) is 0 Å². The third kappa shape index (κ3) is 6.53. The van der Waals surface area contributed by atoms with E-state index in [9.17, 15) is 27.9 Å². The molecule has 2 saturated heterocycles. The molecule has 12 heteroatoms. The fraction of sp³-hybridized carbons (Fsp3) is 0.389. The molecule has 11 nitrogen and oxygen atoms in total. The summed E-state index contributed by atoms with van der Waals surface area (Å²) >= 11 is 0. The number of likely N-dealkylation sites (tertiary alicyclic amines) is 1. The maximum absolute atomic E-state index is 14.3. The number of urea groups is 1. The van der Waals surface area contributed by atoms with Gasteiger partial charge in [0, 0.05) is 24.1 Å². The summed E-state index contributed by atoms with van der Waals surface area (Å²) in [6, 6.07) is 22.2. The molecule has 4 amide bonds. The first kappa shape index (κ1) is 34.6. The molecule has 2 aliphatic rings. The van der Waals surface area contributed by atoms with Crippen LogP contribution in [-0.4, -0.2) is 71.5 Å². The van der Waals surface area contributed by atoms with Crippen molar-refractivity contribution in [1.82, 2.24) is 10.2 Å². The Balaban J connectivity index is 1.72. The van der Waals surface area contributed by atoms with Gasteiger partial charge in [0.25, 0.3) is 0 Å². The molecular formula is C36H42N4O7S. The predicted octanol–water partition coefficient (Wildman–Crippen LogP) is 6.77. The van der Waals surface area contributed by atoms with Crippen molar-refractivity contribution < 1.29 is 32.6 Å². The standard InChI is InChI=1S/C36H42N4O7S/c1-23(2)48(45,46)27-18-16-26(17-19-27)28-14-10-11-15-30(28)40-32(41)37-31(38-33(42)47-35(4,5)6)36(40)20-21-39(34(43)44)24(3)29(36)22-25-12-8-7-9-13-25/h7-19,23-24,29H,20-22H2,1-6H3,(H,43,44)(H,37,38,41,42)/t24-,29?,36+/m0/s1. The molecule has 2 N–H and O–H groups in total. The number of amidine groups is 1. The van der Waals surface area contributed by atoms with E-state index in [2.05, 4.69) is 10.3 Å². The number of sulfone groups is 1. The molecular weight excluding hydrogens is 632 g/mol. The van der Waals surface area contributed by atoms with Crippen molar-refractivity contribution in [2.24, 2.45) is 10.9 Å². The zero-order valence-corrected chi connectivity index (χ0v) is 28.8. The number of anilines is 1. The molecule has 0 aromatic heterocycles. The molecule has 0 radical (unpaired) electrons. The van der Waals surface area contributed by atoms with E-state index < -0.39 is 56.4 Å². The number of carbonyl (C=O) groups excluding carboxylic acids is 2. The number of carboxylic acid groups (broad SMARTS) is 1. The maximum atomic E-state index is 14.3. The zero-order chi connectivity index (χ0) is 35.0. The second kappa shape index (κ2) is 13.1. The van der Waals surface area contributed by atoms with Crippen LogP contribution in [0.4, 0.5) is 20.1 Å². The van der Waals surface area contributed by atoms with Gasteiger partial charge in [-0.2, -0.15) is 4.99 Å². The third-order valence-corrected chi connectivity index (χ3v) is 11.2. The molecule has 0 bridgehead atoms. The van der Waals surface area contributed by atoms with E-state index in [-0.39, 0.29) is 23.7 Å². The first-order valence-corrected chi connectivity index (χ1v) is 17.5. The second-order valence-electron chi connectivity index (χ2n) is 13.5. The van der Waals surface area contributed by atoms with Crippen LogP contribution < -0.4 is 10.2 Å². The lowest BCUT2D eigenvalue weighted by Gasteiger charge is -2.52. The molecule has 1 unspecified atom stereocenters. The van der Waals surface area contributed by atoms with Gasteiger partial charge in [0.1, 0.15) is 17.0 Å². The van der Waals surface area contributed by atoms with E-state index in [1.807, 2.05) is 49.4 Å². The number of amides is 4. The smallest absolute Gasteiger partial charge is 0.435 e. The minimum Gasteiger partial charge on any atom is -0.465 e. The van der Waals surface area contributed by atoms with Crippen molar-refractivity contribution in [2.45, 2.75) is 81.7 Å². The fourth-order valence-electron chi connectivity index (χ4n) is 6.73. The third-order valence-electron chi connectivity index (χ3n) is 9.06. The maximum Gasteiger partial charge on any atom is 0.435 e. The van der Waals surface area contributed by atoms with Gasteiger partial charge in [-0.1, -0.05) is 60.7 Å². The van der Waals surface area contributed by atoms with Gasteiger partial charge in [-0.05, 0) is 83.7 Å². The van der Waals surface area contributed by atoms with E-state index in [1.165, 1.54) is 4.90 Å². The Kier molecular flexibility index (Phi) is 9.42. The summed E-state index contributed by atoms with van der Waals surface area (Å²) in [5, 5.41) is 12.5. The topological polar surface area (TPSA) is 146 Å². The molecule has 2 heterocycles. The number of rotatable bonds is 6. The quantitative estimate of drug-likeness (QED) is 0.294. The van der Waals surface area contributed by atoms with Crippen molar-refractivity contribution >= 4 is 39.6 Å². The van der Waals surface area contributed by atoms with E-state index in [0.717, 1.165) is 5.56 Å². The molecule has 0 saturated carbocycles. The zero-order valence-electron chi connectivity index (χ0n) is 28.0. The van der Waals surface area contributed by atoms with Gasteiger partial charge in [-0.15, -0.1) is 0 Å². The van der Waals surface area contributed by atoms with Crippen LogP contribution in [0.15, 0.2) is 88.8 Å². The van der Waals surface area contributed by atoms with Crippen molar-refractivity contribution in [2.75, 3.05) is 11.4 Å². The minimum atomic E-state index is -3.51. The van der Waals surface area contributed by atoms with Gasteiger partial charge >= 0.3 is 18.2 Å². The van der Waals surface area contributed by atoms with Crippen LogP contribution in [0.2, 0.25) is 0 Å². The average molecular weight is 675 g/mol. The van der Waals surface area contributed by atoms with Gasteiger partial charge in [0.15, 0.2) is 9.84 Å². The largest absolute Gasteiger partial charge is 0.465 e. The molecule has 0 aliphatic carbocycles. The monoisotopic (exact) mass is 674 g/mol. The number of piperidine rings is 1. The van der Waals surface area contributed by atoms with Crippen LogP contribution in [0.3, 0.4) is 0 Å². The Labute approximate surface area is 281 Å². The molecule has 5 rings (SSSR count).